The summed E-state index contributed by atoms with van der Waals surface area (Å²) in [5, 5.41) is 5.75. The summed E-state index contributed by atoms with van der Waals surface area (Å²) in [5.74, 6) is -4.27. The van der Waals surface area contributed by atoms with Gasteiger partial charge in [-0.1, -0.05) is 5.16 Å². The van der Waals surface area contributed by atoms with E-state index in [0.717, 1.165) is 19.4 Å². The first-order chi connectivity index (χ1) is 11.9. The van der Waals surface area contributed by atoms with E-state index in [1.165, 1.54) is 19.2 Å². The molecule has 2 aromatic rings. The van der Waals surface area contributed by atoms with Crippen LogP contribution in [0.15, 0.2) is 29.4 Å². The molecule has 0 atom stereocenters. The summed E-state index contributed by atoms with van der Waals surface area (Å²) in [5.41, 5.74) is -1.31. The molecular weight excluding hydrogens is 452 g/mol. The molecule has 0 unspecified atom stereocenters. The Hall–Kier alpha value is -2.30. The standard InChI is InChI=1S/C16H12F3IN2O3/c1-24-16(23)10-5-8(7-21-25-2)13(18)14(19)15(10)22-12-4-3-9(20)6-11(12)17/h3-7,22H,1-2H3. The van der Waals surface area contributed by atoms with Crippen LogP contribution in [0.1, 0.15) is 15.9 Å². The summed E-state index contributed by atoms with van der Waals surface area (Å²) in [6, 6.07) is 5.14. The maximum absolute atomic E-state index is 14.5. The van der Waals surface area contributed by atoms with Gasteiger partial charge in [-0.15, -0.1) is 0 Å². The van der Waals surface area contributed by atoms with Gasteiger partial charge in [-0.2, -0.15) is 0 Å². The van der Waals surface area contributed by atoms with E-state index in [9.17, 15) is 18.0 Å². The van der Waals surface area contributed by atoms with Crippen LogP contribution >= 0.6 is 22.6 Å². The van der Waals surface area contributed by atoms with Crippen LogP contribution in [0.25, 0.3) is 0 Å². The fraction of sp³-hybridized carbons (Fsp3) is 0.125. The van der Waals surface area contributed by atoms with Crippen LogP contribution in [0.5, 0.6) is 0 Å². The summed E-state index contributed by atoms with van der Waals surface area (Å²) >= 11 is 1.90. The van der Waals surface area contributed by atoms with Gasteiger partial charge in [-0.05, 0) is 46.9 Å². The lowest BCUT2D eigenvalue weighted by Crippen LogP contribution is -2.11. The minimum absolute atomic E-state index is 0.123. The number of carbonyl (C=O) groups is 1. The second-order valence-electron chi connectivity index (χ2n) is 4.67. The van der Waals surface area contributed by atoms with E-state index in [1.807, 2.05) is 22.6 Å². The largest absolute Gasteiger partial charge is 0.465 e. The predicted octanol–water partition coefficient (Wildman–Crippen LogP) is 4.22. The van der Waals surface area contributed by atoms with Crippen molar-refractivity contribution in [3.8, 4) is 0 Å². The molecule has 25 heavy (non-hydrogen) atoms. The third kappa shape index (κ3) is 4.21. The van der Waals surface area contributed by atoms with E-state index in [4.69, 9.17) is 0 Å². The monoisotopic (exact) mass is 464 g/mol. The summed E-state index contributed by atoms with van der Waals surface area (Å²) in [4.78, 5) is 16.3. The highest BCUT2D eigenvalue weighted by Crippen LogP contribution is 2.30. The van der Waals surface area contributed by atoms with Crippen LogP contribution in [-0.4, -0.2) is 26.4 Å². The zero-order chi connectivity index (χ0) is 18.6. The molecule has 0 fully saturated rings. The Kier molecular flexibility index (Phi) is 6.23. The van der Waals surface area contributed by atoms with Gasteiger partial charge >= 0.3 is 5.97 Å². The van der Waals surface area contributed by atoms with E-state index >= 15 is 0 Å². The number of hydrogen-bond acceptors (Lipinski definition) is 5. The van der Waals surface area contributed by atoms with Crippen molar-refractivity contribution >= 4 is 46.1 Å². The van der Waals surface area contributed by atoms with Crippen molar-refractivity contribution in [2.24, 2.45) is 5.16 Å². The third-order valence-corrected chi connectivity index (χ3v) is 3.80. The minimum Gasteiger partial charge on any atom is -0.465 e. The molecule has 2 aromatic carbocycles. The first-order valence-corrected chi connectivity index (χ1v) is 7.85. The van der Waals surface area contributed by atoms with Gasteiger partial charge in [0.25, 0.3) is 0 Å². The van der Waals surface area contributed by atoms with Gasteiger partial charge in [0.05, 0.1) is 30.3 Å². The molecule has 0 radical (unpaired) electrons. The molecule has 0 aliphatic carbocycles. The SMILES string of the molecule is CON=Cc1cc(C(=O)OC)c(Nc2ccc(I)cc2F)c(F)c1F. The number of esters is 1. The normalized spacial score (nSPS) is 10.8. The maximum atomic E-state index is 14.5. The van der Waals surface area contributed by atoms with E-state index < -0.39 is 29.1 Å². The lowest BCUT2D eigenvalue weighted by Gasteiger charge is -2.14. The lowest BCUT2D eigenvalue weighted by atomic mass is 10.1. The number of hydrogen-bond donors (Lipinski definition) is 1. The molecule has 0 aromatic heterocycles. The number of benzene rings is 2. The number of nitrogens with one attached hydrogen (secondary N) is 1. The topological polar surface area (TPSA) is 59.9 Å². The van der Waals surface area contributed by atoms with Gasteiger partial charge in [-0.3, -0.25) is 0 Å². The van der Waals surface area contributed by atoms with Crippen LogP contribution in [0.4, 0.5) is 24.5 Å². The Morgan fingerprint density at radius 3 is 2.52 bits per heavy atom. The molecule has 0 saturated carbocycles. The highest BCUT2D eigenvalue weighted by molar-refractivity contribution is 14.1. The fourth-order valence-corrected chi connectivity index (χ4v) is 2.42. The molecule has 5 nitrogen and oxygen atoms in total. The van der Waals surface area contributed by atoms with Crippen molar-refractivity contribution in [1.82, 2.24) is 0 Å². The molecule has 1 N–H and O–H groups in total. The van der Waals surface area contributed by atoms with E-state index in [2.05, 4.69) is 20.0 Å². The Labute approximate surface area is 154 Å². The lowest BCUT2D eigenvalue weighted by molar-refractivity contribution is 0.0601. The molecule has 0 aliphatic rings. The van der Waals surface area contributed by atoms with E-state index in [-0.39, 0.29) is 16.8 Å². The number of rotatable bonds is 5. The van der Waals surface area contributed by atoms with Gasteiger partial charge in [-0.25, -0.2) is 18.0 Å². The van der Waals surface area contributed by atoms with E-state index in [0.29, 0.717) is 3.57 Å². The number of oxime groups is 1. The molecule has 0 bridgehead atoms. The predicted molar refractivity (Wildman–Crippen MR) is 94.7 cm³/mol. The quantitative estimate of drug-likeness (QED) is 0.312. The van der Waals surface area contributed by atoms with Gasteiger partial charge < -0.3 is 14.9 Å². The second kappa shape index (κ2) is 8.19. The first-order valence-electron chi connectivity index (χ1n) is 6.78. The first kappa shape index (κ1) is 19.0. The summed E-state index contributed by atoms with van der Waals surface area (Å²) in [7, 11) is 2.31. The minimum atomic E-state index is -1.38. The Balaban J connectivity index is 2.60. The molecule has 132 valence electrons. The second-order valence-corrected chi connectivity index (χ2v) is 5.92. The van der Waals surface area contributed by atoms with Crippen molar-refractivity contribution < 1.29 is 27.5 Å². The summed E-state index contributed by atoms with van der Waals surface area (Å²) < 4.78 is 47.9. The maximum Gasteiger partial charge on any atom is 0.340 e. The Bertz CT molecular complexity index is 844. The van der Waals surface area contributed by atoms with Crippen LogP contribution in [0, 0.1) is 21.0 Å². The van der Waals surface area contributed by atoms with Gasteiger partial charge in [0.1, 0.15) is 12.9 Å². The highest BCUT2D eigenvalue weighted by Gasteiger charge is 2.23. The zero-order valence-corrected chi connectivity index (χ0v) is 15.2. The highest BCUT2D eigenvalue weighted by atomic mass is 127. The van der Waals surface area contributed by atoms with Gasteiger partial charge in [0, 0.05) is 9.13 Å². The number of nitrogens with zero attached hydrogens (tertiary/aromatic N) is 1. The number of anilines is 2. The number of halogens is 4. The van der Waals surface area contributed by atoms with Crippen molar-refractivity contribution in [1.29, 1.82) is 0 Å². The van der Waals surface area contributed by atoms with Crippen molar-refractivity contribution in [2.75, 3.05) is 19.5 Å². The van der Waals surface area contributed by atoms with Crippen molar-refractivity contribution in [2.45, 2.75) is 0 Å². The number of ether oxygens (including phenoxy) is 1. The van der Waals surface area contributed by atoms with Crippen molar-refractivity contribution in [3.05, 3.63) is 56.4 Å². The number of methoxy groups -OCH3 is 1. The molecule has 0 aliphatic heterocycles. The smallest absolute Gasteiger partial charge is 0.340 e. The fourth-order valence-electron chi connectivity index (χ4n) is 1.97. The molecule has 0 spiro atoms. The molecule has 2 rings (SSSR count). The van der Waals surface area contributed by atoms with Gasteiger partial charge in [0.2, 0.25) is 0 Å². The van der Waals surface area contributed by atoms with Crippen molar-refractivity contribution in [3.63, 3.8) is 0 Å². The van der Waals surface area contributed by atoms with Crippen LogP contribution in [0.3, 0.4) is 0 Å². The van der Waals surface area contributed by atoms with Crippen LogP contribution in [-0.2, 0) is 9.57 Å². The molecule has 9 heteroatoms. The molecule has 0 saturated heterocycles. The van der Waals surface area contributed by atoms with Gasteiger partial charge in [0.15, 0.2) is 11.6 Å². The van der Waals surface area contributed by atoms with Crippen LogP contribution in [0.2, 0.25) is 0 Å². The Morgan fingerprint density at radius 1 is 1.20 bits per heavy atom. The third-order valence-electron chi connectivity index (χ3n) is 3.13. The van der Waals surface area contributed by atoms with E-state index in [1.54, 1.807) is 6.07 Å². The average Bonchev–Trinajstić information content (AvgIpc) is 2.59. The summed E-state index contributed by atoms with van der Waals surface area (Å²) in [6.07, 6.45) is 0.903. The Morgan fingerprint density at radius 2 is 1.92 bits per heavy atom. The zero-order valence-electron chi connectivity index (χ0n) is 13.1. The molecule has 0 amide bonds. The average molecular weight is 464 g/mol. The summed E-state index contributed by atoms with van der Waals surface area (Å²) in [6.45, 7) is 0. The molecule has 0 heterocycles. The number of carbonyl (C=O) groups excluding carboxylic acids is 1. The molecular formula is C16H12F3IN2O3. The van der Waals surface area contributed by atoms with Crippen LogP contribution < -0.4 is 5.32 Å².